The summed E-state index contributed by atoms with van der Waals surface area (Å²) >= 11 is 0. The third-order valence-corrected chi connectivity index (χ3v) is 3.63. The first-order valence-corrected chi connectivity index (χ1v) is 7.48. The van der Waals surface area contributed by atoms with Gasteiger partial charge in [-0.3, -0.25) is 4.21 Å². The Labute approximate surface area is 101 Å². The highest BCUT2D eigenvalue weighted by Gasteiger charge is 2.07. The van der Waals surface area contributed by atoms with E-state index in [0.29, 0.717) is 26.3 Å². The normalized spacial score (nSPS) is 17.0. The standard InChI is InChI=1S/C11H25NO3S/c1-4-5-6-15-9-11(13)8-12-7-10(2)16(3)14/h10-13H,4-9H2,1-3H3. The van der Waals surface area contributed by atoms with Crippen LogP contribution in [0.4, 0.5) is 0 Å². The van der Waals surface area contributed by atoms with E-state index in [1.165, 1.54) is 0 Å². The molecule has 0 amide bonds. The highest BCUT2D eigenvalue weighted by molar-refractivity contribution is 7.84. The van der Waals surface area contributed by atoms with E-state index < -0.39 is 16.9 Å². The summed E-state index contributed by atoms with van der Waals surface area (Å²) < 4.78 is 16.3. The van der Waals surface area contributed by atoms with E-state index in [1.54, 1.807) is 6.26 Å². The molecule has 5 heteroatoms. The van der Waals surface area contributed by atoms with Crippen LogP contribution in [-0.4, -0.2) is 53.2 Å². The molecule has 0 aliphatic heterocycles. The summed E-state index contributed by atoms with van der Waals surface area (Å²) in [5.74, 6) is 0. The third kappa shape index (κ3) is 9.27. The molecule has 98 valence electrons. The molecule has 0 aromatic heterocycles. The van der Waals surface area contributed by atoms with Gasteiger partial charge in [-0.25, -0.2) is 0 Å². The number of hydrogen-bond acceptors (Lipinski definition) is 4. The average Bonchev–Trinajstić information content (AvgIpc) is 2.24. The average molecular weight is 251 g/mol. The third-order valence-electron chi connectivity index (χ3n) is 2.33. The van der Waals surface area contributed by atoms with Gasteiger partial charge in [-0.05, 0) is 13.3 Å². The first kappa shape index (κ1) is 16.0. The van der Waals surface area contributed by atoms with Crippen molar-refractivity contribution in [3.63, 3.8) is 0 Å². The maximum Gasteiger partial charge on any atom is 0.0897 e. The van der Waals surface area contributed by atoms with Crippen molar-refractivity contribution < 1.29 is 14.1 Å². The minimum absolute atomic E-state index is 0.119. The number of rotatable bonds is 10. The summed E-state index contributed by atoms with van der Waals surface area (Å²) in [7, 11) is -0.808. The SMILES string of the molecule is CCCCOCC(O)CNCC(C)S(C)=O. The summed E-state index contributed by atoms with van der Waals surface area (Å²) in [6, 6.07) is 0. The maximum absolute atomic E-state index is 11.0. The molecule has 0 rings (SSSR count). The van der Waals surface area contributed by atoms with Crippen LogP contribution in [0.5, 0.6) is 0 Å². The molecule has 0 bridgehead atoms. The van der Waals surface area contributed by atoms with Crippen LogP contribution < -0.4 is 5.32 Å². The van der Waals surface area contributed by atoms with E-state index in [2.05, 4.69) is 12.2 Å². The minimum Gasteiger partial charge on any atom is -0.389 e. The van der Waals surface area contributed by atoms with Gasteiger partial charge in [0.05, 0.1) is 12.7 Å². The smallest absolute Gasteiger partial charge is 0.0897 e. The molecule has 2 N–H and O–H groups in total. The second kappa shape index (κ2) is 10.2. The van der Waals surface area contributed by atoms with Gasteiger partial charge in [-0.1, -0.05) is 13.3 Å². The van der Waals surface area contributed by atoms with Gasteiger partial charge in [0, 0.05) is 42.0 Å². The van der Waals surface area contributed by atoms with Crippen LogP contribution in [0.25, 0.3) is 0 Å². The predicted octanol–water partition coefficient (Wildman–Crippen LogP) is 0.521. The van der Waals surface area contributed by atoms with Crippen LogP contribution in [0.3, 0.4) is 0 Å². The van der Waals surface area contributed by atoms with Gasteiger partial charge >= 0.3 is 0 Å². The van der Waals surface area contributed by atoms with Crippen molar-refractivity contribution in [1.29, 1.82) is 0 Å². The van der Waals surface area contributed by atoms with Crippen molar-refractivity contribution in [2.45, 2.75) is 38.0 Å². The first-order chi connectivity index (χ1) is 7.57. The van der Waals surface area contributed by atoms with Gasteiger partial charge in [0.2, 0.25) is 0 Å². The maximum atomic E-state index is 11.0. The number of aliphatic hydroxyl groups excluding tert-OH is 1. The molecule has 0 saturated heterocycles. The van der Waals surface area contributed by atoms with Crippen LogP contribution in [0.1, 0.15) is 26.7 Å². The minimum atomic E-state index is -0.808. The fourth-order valence-electron chi connectivity index (χ4n) is 1.10. The van der Waals surface area contributed by atoms with Crippen molar-refractivity contribution >= 4 is 10.8 Å². The van der Waals surface area contributed by atoms with Crippen molar-refractivity contribution in [1.82, 2.24) is 5.32 Å². The molecule has 0 aliphatic rings. The molecule has 16 heavy (non-hydrogen) atoms. The van der Waals surface area contributed by atoms with Crippen molar-refractivity contribution in [3.8, 4) is 0 Å². The fourth-order valence-corrected chi connectivity index (χ4v) is 1.45. The van der Waals surface area contributed by atoms with E-state index >= 15 is 0 Å². The highest BCUT2D eigenvalue weighted by atomic mass is 32.2. The Balaban J connectivity index is 3.36. The fraction of sp³-hybridized carbons (Fsp3) is 1.00. The molecule has 0 aromatic rings. The number of aliphatic hydroxyl groups is 1. The molecule has 0 radical (unpaired) electrons. The van der Waals surface area contributed by atoms with Gasteiger partial charge in [0.15, 0.2) is 0 Å². The number of ether oxygens (including phenoxy) is 1. The first-order valence-electron chi connectivity index (χ1n) is 5.86. The van der Waals surface area contributed by atoms with E-state index in [-0.39, 0.29) is 5.25 Å². The molecular formula is C11H25NO3S. The van der Waals surface area contributed by atoms with E-state index in [1.807, 2.05) is 6.92 Å². The molecule has 0 aliphatic carbocycles. The molecule has 0 aromatic carbocycles. The van der Waals surface area contributed by atoms with Crippen LogP contribution in [-0.2, 0) is 15.5 Å². The summed E-state index contributed by atoms with van der Waals surface area (Å²) in [5, 5.41) is 12.7. The van der Waals surface area contributed by atoms with Crippen LogP contribution >= 0.6 is 0 Å². The molecule has 0 spiro atoms. The number of unbranched alkanes of at least 4 members (excludes halogenated alkanes) is 1. The number of nitrogens with one attached hydrogen (secondary N) is 1. The lowest BCUT2D eigenvalue weighted by atomic mass is 10.3. The zero-order valence-electron chi connectivity index (χ0n) is 10.6. The van der Waals surface area contributed by atoms with Gasteiger partial charge in [0.1, 0.15) is 0 Å². The Morgan fingerprint density at radius 3 is 2.69 bits per heavy atom. The molecule has 3 unspecified atom stereocenters. The molecule has 0 saturated carbocycles. The lowest BCUT2D eigenvalue weighted by Gasteiger charge is -2.14. The molecular weight excluding hydrogens is 226 g/mol. The molecule has 0 fully saturated rings. The Kier molecular flexibility index (Phi) is 10.2. The van der Waals surface area contributed by atoms with Gasteiger partial charge in [-0.15, -0.1) is 0 Å². The summed E-state index contributed by atoms with van der Waals surface area (Å²) in [6.45, 7) is 6.27. The summed E-state index contributed by atoms with van der Waals surface area (Å²) in [6.07, 6.45) is 3.35. The van der Waals surface area contributed by atoms with Crippen molar-refractivity contribution in [2.75, 3.05) is 32.6 Å². The Bertz CT molecular complexity index is 190. The van der Waals surface area contributed by atoms with E-state index in [0.717, 1.165) is 12.8 Å². The van der Waals surface area contributed by atoms with Crippen LogP contribution in [0.2, 0.25) is 0 Å². The van der Waals surface area contributed by atoms with Gasteiger partial charge in [0.25, 0.3) is 0 Å². The van der Waals surface area contributed by atoms with Gasteiger partial charge < -0.3 is 15.2 Å². The Morgan fingerprint density at radius 1 is 1.44 bits per heavy atom. The topological polar surface area (TPSA) is 58.6 Å². The Morgan fingerprint density at radius 2 is 2.12 bits per heavy atom. The monoisotopic (exact) mass is 251 g/mol. The van der Waals surface area contributed by atoms with Crippen molar-refractivity contribution in [3.05, 3.63) is 0 Å². The quantitative estimate of drug-likeness (QED) is 0.556. The second-order valence-electron chi connectivity index (χ2n) is 4.05. The molecule has 0 heterocycles. The summed E-state index contributed by atoms with van der Waals surface area (Å²) in [5.41, 5.74) is 0. The second-order valence-corrected chi connectivity index (χ2v) is 5.85. The van der Waals surface area contributed by atoms with E-state index in [9.17, 15) is 9.32 Å². The molecule has 4 nitrogen and oxygen atoms in total. The summed E-state index contributed by atoms with van der Waals surface area (Å²) in [4.78, 5) is 0. The highest BCUT2D eigenvalue weighted by Crippen LogP contribution is 1.92. The molecule has 3 atom stereocenters. The van der Waals surface area contributed by atoms with Crippen LogP contribution in [0, 0.1) is 0 Å². The lowest BCUT2D eigenvalue weighted by Crippen LogP contribution is -2.35. The lowest BCUT2D eigenvalue weighted by molar-refractivity contribution is 0.0361. The van der Waals surface area contributed by atoms with Gasteiger partial charge in [-0.2, -0.15) is 0 Å². The van der Waals surface area contributed by atoms with Crippen molar-refractivity contribution in [2.24, 2.45) is 0 Å². The predicted molar refractivity (Wildman–Crippen MR) is 68.1 cm³/mol. The largest absolute Gasteiger partial charge is 0.389 e. The number of hydrogen-bond donors (Lipinski definition) is 2. The Hall–Kier alpha value is 0.0300. The van der Waals surface area contributed by atoms with Crippen LogP contribution in [0.15, 0.2) is 0 Å². The zero-order chi connectivity index (χ0) is 12.4. The van der Waals surface area contributed by atoms with E-state index in [4.69, 9.17) is 4.74 Å². The zero-order valence-corrected chi connectivity index (χ0v) is 11.4.